The van der Waals surface area contributed by atoms with Crippen molar-refractivity contribution in [3.63, 3.8) is 0 Å². The van der Waals surface area contributed by atoms with Crippen LogP contribution in [0.4, 0.5) is 61.5 Å². The minimum absolute atomic E-state index is 1.43. The van der Waals surface area contributed by atoms with Crippen molar-refractivity contribution < 1.29 is 75.8 Å². The fourth-order valence-corrected chi connectivity index (χ4v) is 0.954. The average Bonchev–Trinajstić information content (AvgIpc) is 2.35. The molecule has 0 aromatic heterocycles. The molecule has 17 heteroatoms. The Kier molecular flexibility index (Phi) is 5.54. The van der Waals surface area contributed by atoms with Crippen molar-refractivity contribution in [2.45, 2.75) is 35.9 Å². The monoisotopic (exact) mass is 410 g/mol. The zero-order valence-corrected chi connectivity index (χ0v) is 10.5. The molecule has 0 spiro atoms. The van der Waals surface area contributed by atoms with Crippen molar-refractivity contribution >= 4 is 12.1 Å². The molecule has 0 heterocycles. The van der Waals surface area contributed by atoms with Gasteiger partial charge in [0.1, 0.15) is 0 Å². The Labute approximate surface area is 125 Å². The van der Waals surface area contributed by atoms with Crippen LogP contribution in [-0.2, 0) is 14.3 Å². The Morgan fingerprint density at radius 3 is 1.20 bits per heavy atom. The highest BCUT2D eigenvalue weighted by molar-refractivity contribution is 5.78. The normalized spacial score (nSPS) is 17.2. The zero-order valence-electron chi connectivity index (χ0n) is 10.5. The fraction of sp³-hybridized carbons (Fsp3) is 0.750. The molecule has 3 nitrogen and oxygen atoms in total. The molecule has 1 atom stereocenters. The molecule has 0 aliphatic heterocycles. The second-order valence-corrected chi connectivity index (χ2v) is 3.98. The summed E-state index contributed by atoms with van der Waals surface area (Å²) in [6.45, 7) is 0. The number of carbonyl (C=O) groups excluding carboxylic acids is 2. The largest absolute Gasteiger partial charge is 0.459 e. The van der Waals surface area contributed by atoms with Gasteiger partial charge >= 0.3 is 48.0 Å². The molecule has 0 aromatic carbocycles. The molecule has 148 valence electrons. The van der Waals surface area contributed by atoms with Crippen molar-refractivity contribution in [3.05, 3.63) is 0 Å². The van der Waals surface area contributed by atoms with Crippen molar-refractivity contribution in [2.24, 2.45) is 0 Å². The van der Waals surface area contributed by atoms with E-state index in [-0.39, 0.29) is 0 Å². The van der Waals surface area contributed by atoms with Gasteiger partial charge in [0.25, 0.3) is 0 Å². The smallest absolute Gasteiger partial charge is 0.261 e. The van der Waals surface area contributed by atoms with Gasteiger partial charge in [0.2, 0.25) is 0 Å². The summed E-state index contributed by atoms with van der Waals surface area (Å²) in [4.78, 5) is 19.3. The number of ether oxygens (including phenoxy) is 1. The maximum atomic E-state index is 12.8. The second-order valence-electron chi connectivity index (χ2n) is 3.98. The number of hydrogen-bond acceptors (Lipinski definition) is 3. The van der Waals surface area contributed by atoms with Gasteiger partial charge in [-0.25, -0.2) is 0 Å². The molecule has 0 saturated heterocycles. The summed E-state index contributed by atoms with van der Waals surface area (Å²) in [5.74, 6) is -30.0. The first-order chi connectivity index (χ1) is 10.6. The van der Waals surface area contributed by atoms with E-state index in [4.69, 9.17) is 0 Å². The molecule has 0 saturated carbocycles. The van der Waals surface area contributed by atoms with Crippen LogP contribution < -0.4 is 0 Å². The predicted octanol–water partition coefficient (Wildman–Crippen LogP) is 3.72. The number of alkyl halides is 12. The summed E-state index contributed by atoms with van der Waals surface area (Å²) >= 11 is 0. The van der Waals surface area contributed by atoms with Crippen LogP contribution >= 0.6 is 0 Å². The number of hydrogen-bond donors (Lipinski definition) is 0. The molecule has 0 aliphatic rings. The first-order valence-electron chi connectivity index (χ1n) is 4.96. The van der Waals surface area contributed by atoms with Crippen LogP contribution in [0.25, 0.3) is 0 Å². The van der Waals surface area contributed by atoms with Gasteiger partial charge in [-0.2, -0.15) is 61.5 Å². The highest BCUT2D eigenvalue weighted by Crippen LogP contribution is 2.55. The number of rotatable bonds is 7. The average molecular weight is 410 g/mol. The van der Waals surface area contributed by atoms with Gasteiger partial charge < -0.3 is 0 Å². The summed E-state index contributed by atoms with van der Waals surface area (Å²) in [5, 5.41) is 0. The highest BCUT2D eigenvalue weighted by atomic mass is 19.4. The minimum Gasteiger partial charge on any atom is -0.261 e. The van der Waals surface area contributed by atoms with Gasteiger partial charge in [-0.3, -0.25) is 14.3 Å². The third kappa shape index (κ3) is 3.37. The van der Waals surface area contributed by atoms with E-state index in [1.165, 1.54) is 4.74 Å². The molecule has 1 unspecified atom stereocenters. The van der Waals surface area contributed by atoms with Gasteiger partial charge in [-0.05, 0) is 0 Å². The van der Waals surface area contributed by atoms with Gasteiger partial charge in [0.05, 0.1) is 0 Å². The Morgan fingerprint density at radius 2 is 0.960 bits per heavy atom. The molecule has 0 fully saturated rings. The highest BCUT2D eigenvalue weighted by Gasteiger charge is 2.86. The SMILES string of the molecule is O=C(F)C(F)(F)C(F)(F)C(F)(F)C(F)(F)OC(F)(C(=O)F)C(F)(F)F. The number of halogens is 14. The lowest BCUT2D eigenvalue weighted by Gasteiger charge is -2.36. The van der Waals surface area contributed by atoms with Crippen LogP contribution in [0.3, 0.4) is 0 Å². The molecular formula is C8F14O3. The van der Waals surface area contributed by atoms with Crippen molar-refractivity contribution in [2.75, 3.05) is 0 Å². The summed E-state index contributed by atoms with van der Waals surface area (Å²) in [6, 6.07) is -9.22. The first kappa shape index (κ1) is 23.3. The lowest BCUT2D eigenvalue weighted by molar-refractivity contribution is -0.471. The molecule has 0 aliphatic carbocycles. The van der Waals surface area contributed by atoms with Crippen LogP contribution in [0.1, 0.15) is 0 Å². The Balaban J connectivity index is 6.24. The molecule has 0 amide bonds. The standard InChI is InChI=1S/C8F14O3/c9-1(23)3(11,12)5(14,15)6(16,17)8(21,22)25-4(13,2(10)24)7(18,19)20. The second kappa shape index (κ2) is 5.94. The van der Waals surface area contributed by atoms with E-state index < -0.39 is 48.0 Å². The zero-order chi connectivity index (χ0) is 20.9. The molecule has 0 N–H and O–H groups in total. The van der Waals surface area contributed by atoms with E-state index in [2.05, 4.69) is 0 Å². The van der Waals surface area contributed by atoms with Gasteiger partial charge in [-0.1, -0.05) is 0 Å². The minimum atomic E-state index is -7.94. The van der Waals surface area contributed by atoms with Crippen LogP contribution in [0.2, 0.25) is 0 Å². The predicted molar refractivity (Wildman–Crippen MR) is 43.0 cm³/mol. The van der Waals surface area contributed by atoms with Crippen molar-refractivity contribution in [1.29, 1.82) is 0 Å². The van der Waals surface area contributed by atoms with E-state index >= 15 is 0 Å². The molecule has 0 rings (SSSR count). The van der Waals surface area contributed by atoms with Crippen LogP contribution in [0.5, 0.6) is 0 Å². The van der Waals surface area contributed by atoms with Crippen LogP contribution in [-0.4, -0.2) is 48.0 Å². The molecular weight excluding hydrogens is 410 g/mol. The van der Waals surface area contributed by atoms with Crippen LogP contribution in [0.15, 0.2) is 0 Å². The third-order valence-electron chi connectivity index (χ3n) is 2.29. The summed E-state index contributed by atoms with van der Waals surface area (Å²) in [6.07, 6.45) is -14.9. The van der Waals surface area contributed by atoms with Crippen molar-refractivity contribution in [3.8, 4) is 0 Å². The summed E-state index contributed by atoms with van der Waals surface area (Å²) < 4.78 is 175. The maximum Gasteiger partial charge on any atom is 0.459 e. The quantitative estimate of drug-likeness (QED) is 0.475. The van der Waals surface area contributed by atoms with E-state index in [1.807, 2.05) is 0 Å². The van der Waals surface area contributed by atoms with E-state index in [0.29, 0.717) is 0 Å². The number of carbonyl (C=O) groups is 2. The lowest BCUT2D eigenvalue weighted by atomic mass is 10.0. The van der Waals surface area contributed by atoms with Crippen LogP contribution in [0, 0.1) is 0 Å². The molecule has 25 heavy (non-hydrogen) atoms. The first-order valence-corrected chi connectivity index (χ1v) is 4.96. The van der Waals surface area contributed by atoms with Gasteiger partial charge in [-0.15, -0.1) is 0 Å². The molecule has 0 bridgehead atoms. The Bertz CT molecular complexity index is 551. The Morgan fingerprint density at radius 1 is 0.600 bits per heavy atom. The fourth-order valence-electron chi connectivity index (χ4n) is 0.954. The topological polar surface area (TPSA) is 43.4 Å². The maximum absolute atomic E-state index is 12.8. The van der Waals surface area contributed by atoms with Crippen molar-refractivity contribution in [1.82, 2.24) is 0 Å². The van der Waals surface area contributed by atoms with Gasteiger partial charge in [0.15, 0.2) is 0 Å². The lowest BCUT2D eigenvalue weighted by Crippen LogP contribution is -2.67. The Hall–Kier alpha value is -1.68. The third-order valence-corrected chi connectivity index (χ3v) is 2.29. The molecule has 0 radical (unpaired) electrons. The molecule has 0 aromatic rings. The van der Waals surface area contributed by atoms with E-state index in [1.54, 1.807) is 0 Å². The van der Waals surface area contributed by atoms with E-state index in [9.17, 15) is 71.1 Å². The van der Waals surface area contributed by atoms with Gasteiger partial charge in [0, 0.05) is 0 Å². The summed E-state index contributed by atoms with van der Waals surface area (Å²) in [7, 11) is 0. The van der Waals surface area contributed by atoms with E-state index in [0.717, 1.165) is 0 Å². The summed E-state index contributed by atoms with van der Waals surface area (Å²) in [5.41, 5.74) is 0.